The van der Waals surface area contributed by atoms with Crippen LogP contribution in [-0.4, -0.2) is 36.1 Å². The Labute approximate surface area is 198 Å². The minimum absolute atomic E-state index is 0.106. The number of carbonyl (C=O) groups is 1. The molecule has 0 fully saturated rings. The SMILES string of the molecule is O=C(c1cccc(C(F)(F)F)c1)N1CCc2ccccc2[C@@H]1[C@H]([N+](=O)[O-])S(=O)(=O)c1ccccc1. The summed E-state index contributed by atoms with van der Waals surface area (Å²) in [6, 6.07) is 15.4. The van der Waals surface area contributed by atoms with Crippen LogP contribution in [0.3, 0.4) is 0 Å². The predicted molar refractivity (Wildman–Crippen MR) is 120 cm³/mol. The van der Waals surface area contributed by atoms with Crippen LogP contribution < -0.4 is 0 Å². The van der Waals surface area contributed by atoms with Gasteiger partial charge in [-0.25, -0.2) is 8.42 Å². The van der Waals surface area contributed by atoms with E-state index in [1.165, 1.54) is 36.4 Å². The molecule has 0 radical (unpaired) electrons. The molecule has 35 heavy (non-hydrogen) atoms. The average molecular weight is 504 g/mol. The molecule has 0 saturated carbocycles. The number of benzene rings is 3. The topological polar surface area (TPSA) is 97.6 Å². The number of nitrogens with zero attached hydrogens (tertiary/aromatic N) is 2. The fourth-order valence-electron chi connectivity index (χ4n) is 4.28. The van der Waals surface area contributed by atoms with Crippen molar-refractivity contribution in [3.8, 4) is 0 Å². The summed E-state index contributed by atoms with van der Waals surface area (Å²) in [5, 5.41) is 9.98. The van der Waals surface area contributed by atoms with Crippen LogP contribution in [0.25, 0.3) is 0 Å². The van der Waals surface area contributed by atoms with Crippen molar-refractivity contribution < 1.29 is 31.3 Å². The van der Waals surface area contributed by atoms with Gasteiger partial charge in [0.15, 0.2) is 0 Å². The van der Waals surface area contributed by atoms with Crippen molar-refractivity contribution in [1.82, 2.24) is 4.90 Å². The third-order valence-corrected chi connectivity index (χ3v) is 7.89. The lowest BCUT2D eigenvalue weighted by molar-refractivity contribution is -0.505. The highest BCUT2D eigenvalue weighted by Crippen LogP contribution is 2.39. The normalized spacial score (nSPS) is 16.9. The van der Waals surface area contributed by atoms with Crippen molar-refractivity contribution >= 4 is 15.7 Å². The molecule has 3 aromatic rings. The highest BCUT2D eigenvalue weighted by molar-refractivity contribution is 7.91. The van der Waals surface area contributed by atoms with Crippen LogP contribution in [0.1, 0.15) is 33.1 Å². The van der Waals surface area contributed by atoms with Gasteiger partial charge in [0.25, 0.3) is 5.91 Å². The highest BCUT2D eigenvalue weighted by Gasteiger charge is 2.51. The standard InChI is InChI=1S/C24H19F3N2O5S/c25-24(26,27)18-9-6-8-17(15-18)22(30)28-14-13-16-7-4-5-12-20(16)21(28)23(29(31)32)35(33,34)19-10-2-1-3-11-19/h1-12,15,21,23H,13-14H2/t21-,23-/m1/s1. The van der Waals surface area contributed by atoms with Gasteiger partial charge in [-0.05, 0) is 47.9 Å². The van der Waals surface area contributed by atoms with Gasteiger partial charge in [-0.1, -0.05) is 48.5 Å². The molecule has 0 saturated heterocycles. The molecule has 1 heterocycles. The zero-order chi connectivity index (χ0) is 25.4. The van der Waals surface area contributed by atoms with Gasteiger partial charge in [0.1, 0.15) is 6.04 Å². The van der Waals surface area contributed by atoms with Crippen molar-refractivity contribution in [3.63, 3.8) is 0 Å². The average Bonchev–Trinajstić information content (AvgIpc) is 2.83. The van der Waals surface area contributed by atoms with E-state index in [1.54, 1.807) is 24.3 Å². The van der Waals surface area contributed by atoms with Crippen molar-refractivity contribution in [2.45, 2.75) is 28.9 Å². The van der Waals surface area contributed by atoms with E-state index in [4.69, 9.17) is 0 Å². The van der Waals surface area contributed by atoms with Crippen LogP contribution in [-0.2, 0) is 22.4 Å². The van der Waals surface area contributed by atoms with Crippen LogP contribution in [0.2, 0.25) is 0 Å². The van der Waals surface area contributed by atoms with Gasteiger partial charge in [0.05, 0.1) is 10.5 Å². The first-order valence-corrected chi connectivity index (χ1v) is 12.0. The van der Waals surface area contributed by atoms with Crippen LogP contribution >= 0.6 is 0 Å². The maximum absolute atomic E-state index is 13.4. The maximum atomic E-state index is 13.4. The summed E-state index contributed by atoms with van der Waals surface area (Å²) in [4.78, 5) is 25.4. The number of carbonyl (C=O) groups excluding carboxylic acids is 1. The van der Waals surface area contributed by atoms with Gasteiger partial charge >= 0.3 is 11.6 Å². The van der Waals surface area contributed by atoms with Crippen LogP contribution in [0, 0.1) is 10.1 Å². The van der Waals surface area contributed by atoms with Crippen molar-refractivity contribution in [3.05, 3.63) is 111 Å². The number of rotatable bonds is 5. The molecule has 1 amide bonds. The molecule has 1 aliphatic rings. The summed E-state index contributed by atoms with van der Waals surface area (Å²) in [7, 11) is -4.60. The van der Waals surface area contributed by atoms with Gasteiger partial charge in [-0.15, -0.1) is 0 Å². The number of sulfone groups is 1. The Hall–Kier alpha value is -3.73. The molecule has 1 aliphatic heterocycles. The van der Waals surface area contributed by atoms with Crippen molar-refractivity contribution in [1.29, 1.82) is 0 Å². The second-order valence-electron chi connectivity index (χ2n) is 8.00. The first-order chi connectivity index (χ1) is 16.5. The Balaban J connectivity index is 1.87. The van der Waals surface area contributed by atoms with E-state index in [-0.39, 0.29) is 29.0 Å². The second kappa shape index (κ2) is 9.14. The van der Waals surface area contributed by atoms with Crippen molar-refractivity contribution in [2.24, 2.45) is 0 Å². The second-order valence-corrected chi connectivity index (χ2v) is 10.0. The first kappa shape index (κ1) is 24.4. The summed E-state index contributed by atoms with van der Waals surface area (Å²) in [6.45, 7) is -0.106. The molecule has 11 heteroatoms. The number of amides is 1. The summed E-state index contributed by atoms with van der Waals surface area (Å²) in [6.07, 6.45) is -4.45. The molecule has 4 rings (SSSR count). The predicted octanol–water partition coefficient (Wildman–Crippen LogP) is 4.52. The molecule has 2 atom stereocenters. The number of fused-ring (bicyclic) bond motifs is 1. The molecule has 0 aromatic heterocycles. The van der Waals surface area contributed by atoms with Gasteiger partial charge in [0.2, 0.25) is 9.84 Å². The molecule has 182 valence electrons. The summed E-state index contributed by atoms with van der Waals surface area (Å²) >= 11 is 0. The van der Waals surface area contributed by atoms with Gasteiger partial charge < -0.3 is 4.90 Å². The Bertz CT molecular complexity index is 1380. The molecule has 3 aromatic carbocycles. The van der Waals surface area contributed by atoms with E-state index in [0.29, 0.717) is 11.6 Å². The molecule has 0 spiro atoms. The molecule has 7 nitrogen and oxygen atoms in total. The number of halogens is 3. The van der Waals surface area contributed by atoms with E-state index < -0.39 is 43.8 Å². The number of hydrogen-bond acceptors (Lipinski definition) is 5. The Morgan fingerprint density at radius 3 is 2.31 bits per heavy atom. The van der Waals surface area contributed by atoms with Crippen LogP contribution in [0.4, 0.5) is 13.2 Å². The lowest BCUT2D eigenvalue weighted by atomic mass is 9.91. The molecule has 0 N–H and O–H groups in total. The zero-order valence-corrected chi connectivity index (χ0v) is 18.9. The fraction of sp³-hybridized carbons (Fsp3) is 0.208. The van der Waals surface area contributed by atoms with Crippen LogP contribution in [0.5, 0.6) is 0 Å². The Morgan fingerprint density at radius 1 is 1.00 bits per heavy atom. The van der Waals surface area contributed by atoms with E-state index in [9.17, 15) is 36.5 Å². The van der Waals surface area contributed by atoms with Crippen LogP contribution in [0.15, 0.2) is 83.8 Å². The zero-order valence-electron chi connectivity index (χ0n) is 18.1. The molecule has 0 unspecified atom stereocenters. The summed E-state index contributed by atoms with van der Waals surface area (Å²) in [5.41, 5.74) is -0.510. The molecular weight excluding hydrogens is 485 g/mol. The smallest absolute Gasteiger partial charge is 0.323 e. The lowest BCUT2D eigenvalue weighted by Crippen LogP contribution is -2.50. The first-order valence-electron chi connectivity index (χ1n) is 10.5. The summed E-state index contributed by atoms with van der Waals surface area (Å²) in [5.74, 6) is -0.925. The van der Waals surface area contributed by atoms with Gasteiger partial charge in [-0.3, -0.25) is 14.9 Å². The highest BCUT2D eigenvalue weighted by atomic mass is 32.2. The molecule has 0 bridgehead atoms. The minimum Gasteiger partial charge on any atom is -0.323 e. The number of hydrogen-bond donors (Lipinski definition) is 0. The van der Waals surface area contributed by atoms with E-state index in [1.807, 2.05) is 0 Å². The van der Waals surface area contributed by atoms with E-state index >= 15 is 0 Å². The maximum Gasteiger partial charge on any atom is 0.416 e. The lowest BCUT2D eigenvalue weighted by Gasteiger charge is -2.38. The molecule has 0 aliphatic carbocycles. The number of alkyl halides is 3. The quantitative estimate of drug-likeness (QED) is 0.376. The van der Waals surface area contributed by atoms with Gasteiger partial charge in [0, 0.05) is 17.0 Å². The minimum atomic E-state index is -4.70. The third-order valence-electron chi connectivity index (χ3n) is 5.90. The largest absolute Gasteiger partial charge is 0.416 e. The van der Waals surface area contributed by atoms with E-state index in [0.717, 1.165) is 17.0 Å². The van der Waals surface area contributed by atoms with Crippen molar-refractivity contribution in [2.75, 3.05) is 6.54 Å². The Kier molecular flexibility index (Phi) is 6.37. The fourth-order valence-corrected chi connectivity index (χ4v) is 5.95. The monoisotopic (exact) mass is 504 g/mol. The Morgan fingerprint density at radius 2 is 1.66 bits per heavy atom. The van der Waals surface area contributed by atoms with E-state index in [2.05, 4.69) is 0 Å². The third kappa shape index (κ3) is 4.63. The number of nitro groups is 1. The van der Waals surface area contributed by atoms with Gasteiger partial charge in [-0.2, -0.15) is 13.2 Å². The summed E-state index contributed by atoms with van der Waals surface area (Å²) < 4.78 is 66.6. The molecular formula is C24H19F3N2O5S.